The number of nitrogens with zero attached hydrogens (tertiary/aromatic N) is 1. The number of nitrogen functional groups attached to an aromatic ring is 1. The number of aryl methyl sites for hydroxylation is 1. The molecule has 4 nitrogen and oxygen atoms in total. The van der Waals surface area contributed by atoms with Crippen LogP contribution in [0.5, 0.6) is 0 Å². The molecule has 0 aromatic heterocycles. The van der Waals surface area contributed by atoms with E-state index < -0.39 is 0 Å². The largest absolute Gasteiger partial charge is 0.399 e. The average molecular weight is 246 g/mol. The van der Waals surface area contributed by atoms with E-state index in [0.29, 0.717) is 6.61 Å². The van der Waals surface area contributed by atoms with E-state index in [4.69, 9.17) is 10.5 Å². The molecule has 4 heteroatoms. The number of ether oxygens (including phenoxy) is 1. The Kier molecular flexibility index (Phi) is 2.96. The van der Waals surface area contributed by atoms with Crippen LogP contribution in [0.15, 0.2) is 18.2 Å². The summed E-state index contributed by atoms with van der Waals surface area (Å²) in [6, 6.07) is 5.79. The highest BCUT2D eigenvalue weighted by atomic mass is 16.5. The van der Waals surface area contributed by atoms with Crippen molar-refractivity contribution in [2.45, 2.75) is 31.8 Å². The molecular formula is C14H18N2O2. The summed E-state index contributed by atoms with van der Waals surface area (Å²) in [4.78, 5) is 14.3. The lowest BCUT2D eigenvalue weighted by molar-refractivity contribution is -0.127. The topological polar surface area (TPSA) is 55.6 Å². The Balaban J connectivity index is 1.88. The van der Waals surface area contributed by atoms with E-state index in [-0.39, 0.29) is 12.0 Å². The number of hydrogen-bond donors (Lipinski definition) is 1. The number of fused-ring (bicyclic) bond motifs is 1. The van der Waals surface area contributed by atoms with Crippen molar-refractivity contribution < 1.29 is 9.53 Å². The van der Waals surface area contributed by atoms with E-state index in [0.717, 1.165) is 43.6 Å². The fourth-order valence-electron chi connectivity index (χ4n) is 2.79. The van der Waals surface area contributed by atoms with Crippen molar-refractivity contribution in [3.05, 3.63) is 23.8 Å². The average Bonchev–Trinajstić information content (AvgIpc) is 2.90. The molecular weight excluding hydrogens is 228 g/mol. The van der Waals surface area contributed by atoms with Gasteiger partial charge in [0.2, 0.25) is 0 Å². The second-order valence-corrected chi connectivity index (χ2v) is 4.98. The van der Waals surface area contributed by atoms with Gasteiger partial charge in [-0.15, -0.1) is 0 Å². The van der Waals surface area contributed by atoms with Gasteiger partial charge in [0.15, 0.2) is 0 Å². The van der Waals surface area contributed by atoms with Crippen LogP contribution in [0.3, 0.4) is 0 Å². The smallest absolute Gasteiger partial charge is 0.256 e. The molecule has 1 saturated heterocycles. The van der Waals surface area contributed by atoms with E-state index in [9.17, 15) is 4.79 Å². The van der Waals surface area contributed by atoms with Crippen molar-refractivity contribution in [1.29, 1.82) is 0 Å². The summed E-state index contributed by atoms with van der Waals surface area (Å²) in [5.41, 5.74) is 8.75. The minimum Gasteiger partial charge on any atom is -0.399 e. The first kappa shape index (κ1) is 11.5. The van der Waals surface area contributed by atoms with Crippen LogP contribution in [0, 0.1) is 0 Å². The van der Waals surface area contributed by atoms with E-state index in [1.54, 1.807) is 0 Å². The summed E-state index contributed by atoms with van der Waals surface area (Å²) in [5, 5.41) is 0. The molecule has 1 aromatic rings. The Morgan fingerprint density at radius 1 is 1.39 bits per heavy atom. The van der Waals surface area contributed by atoms with E-state index in [1.165, 1.54) is 5.56 Å². The summed E-state index contributed by atoms with van der Waals surface area (Å²) in [6.45, 7) is 1.49. The summed E-state index contributed by atoms with van der Waals surface area (Å²) >= 11 is 0. The molecule has 1 fully saturated rings. The van der Waals surface area contributed by atoms with Gasteiger partial charge in [-0.3, -0.25) is 4.79 Å². The minimum atomic E-state index is -0.242. The third-order valence-electron chi connectivity index (χ3n) is 3.69. The van der Waals surface area contributed by atoms with Crippen LogP contribution >= 0.6 is 0 Å². The zero-order chi connectivity index (χ0) is 12.5. The number of rotatable bonds is 1. The van der Waals surface area contributed by atoms with Gasteiger partial charge in [-0.1, -0.05) is 0 Å². The highest BCUT2D eigenvalue weighted by Crippen LogP contribution is 2.30. The molecule has 2 heterocycles. The number of nitrogens with two attached hydrogens (primary N) is 1. The van der Waals surface area contributed by atoms with E-state index >= 15 is 0 Å². The lowest BCUT2D eigenvalue weighted by atomic mass is 10.00. The normalized spacial score (nSPS) is 22.9. The second kappa shape index (κ2) is 4.61. The molecule has 2 aliphatic rings. The quantitative estimate of drug-likeness (QED) is 0.768. The van der Waals surface area contributed by atoms with Gasteiger partial charge in [-0.25, -0.2) is 0 Å². The van der Waals surface area contributed by atoms with Crippen molar-refractivity contribution in [3.63, 3.8) is 0 Å². The van der Waals surface area contributed by atoms with Crippen molar-refractivity contribution >= 4 is 17.3 Å². The number of benzene rings is 1. The van der Waals surface area contributed by atoms with Gasteiger partial charge in [0, 0.05) is 24.5 Å². The van der Waals surface area contributed by atoms with Crippen LogP contribution in [0.1, 0.15) is 24.8 Å². The monoisotopic (exact) mass is 246 g/mol. The third-order valence-corrected chi connectivity index (χ3v) is 3.69. The highest BCUT2D eigenvalue weighted by molar-refractivity contribution is 5.98. The fourth-order valence-corrected chi connectivity index (χ4v) is 2.79. The first-order chi connectivity index (χ1) is 8.75. The lowest BCUT2D eigenvalue weighted by Gasteiger charge is -2.31. The van der Waals surface area contributed by atoms with E-state index in [2.05, 4.69) is 0 Å². The predicted molar refractivity (Wildman–Crippen MR) is 70.5 cm³/mol. The number of anilines is 2. The Labute approximate surface area is 107 Å². The van der Waals surface area contributed by atoms with Gasteiger partial charge in [0.25, 0.3) is 5.91 Å². The zero-order valence-corrected chi connectivity index (χ0v) is 10.4. The Morgan fingerprint density at radius 3 is 3.06 bits per heavy atom. The number of hydrogen-bond acceptors (Lipinski definition) is 3. The number of carbonyl (C=O) groups excluding carboxylic acids is 1. The van der Waals surface area contributed by atoms with Gasteiger partial charge < -0.3 is 15.4 Å². The summed E-state index contributed by atoms with van der Waals surface area (Å²) < 4.78 is 5.49. The van der Waals surface area contributed by atoms with Crippen LogP contribution in [0.2, 0.25) is 0 Å². The summed E-state index contributed by atoms with van der Waals surface area (Å²) in [6.07, 6.45) is 3.58. The molecule has 18 heavy (non-hydrogen) atoms. The summed E-state index contributed by atoms with van der Waals surface area (Å²) in [5.74, 6) is 0.109. The molecule has 0 bridgehead atoms. The molecule has 96 valence electrons. The Hall–Kier alpha value is -1.55. The molecule has 1 aromatic carbocycles. The van der Waals surface area contributed by atoms with Crippen molar-refractivity contribution in [2.24, 2.45) is 0 Å². The van der Waals surface area contributed by atoms with Gasteiger partial charge in [-0.05, 0) is 49.4 Å². The molecule has 0 radical (unpaired) electrons. The number of carbonyl (C=O) groups is 1. The first-order valence-electron chi connectivity index (χ1n) is 6.57. The van der Waals surface area contributed by atoms with Gasteiger partial charge in [0.05, 0.1) is 0 Å². The van der Waals surface area contributed by atoms with Crippen molar-refractivity contribution in [3.8, 4) is 0 Å². The van der Waals surface area contributed by atoms with Gasteiger partial charge in [0.1, 0.15) is 6.10 Å². The van der Waals surface area contributed by atoms with Crippen molar-refractivity contribution in [2.75, 3.05) is 23.8 Å². The lowest BCUT2D eigenvalue weighted by Crippen LogP contribution is -2.42. The molecule has 2 aliphatic heterocycles. The molecule has 0 saturated carbocycles. The molecule has 2 N–H and O–H groups in total. The second-order valence-electron chi connectivity index (χ2n) is 4.98. The molecule has 0 aliphatic carbocycles. The third kappa shape index (κ3) is 1.97. The van der Waals surface area contributed by atoms with E-state index in [1.807, 2.05) is 23.1 Å². The maximum Gasteiger partial charge on any atom is 0.256 e. The minimum absolute atomic E-state index is 0.109. The summed E-state index contributed by atoms with van der Waals surface area (Å²) in [7, 11) is 0. The van der Waals surface area contributed by atoms with Gasteiger partial charge in [-0.2, -0.15) is 0 Å². The highest BCUT2D eigenvalue weighted by Gasteiger charge is 2.31. The molecule has 1 atom stereocenters. The Morgan fingerprint density at radius 2 is 2.28 bits per heavy atom. The number of amides is 1. The Bertz CT molecular complexity index is 467. The molecule has 0 unspecified atom stereocenters. The predicted octanol–water partition coefficient (Wildman–Crippen LogP) is 1.73. The van der Waals surface area contributed by atoms with Crippen LogP contribution in [-0.2, 0) is 16.0 Å². The SMILES string of the molecule is Nc1ccc2c(c1)CCCN2C(=O)[C@H]1CCCO1. The van der Waals surface area contributed by atoms with Crippen LogP contribution in [0.25, 0.3) is 0 Å². The zero-order valence-electron chi connectivity index (χ0n) is 10.4. The van der Waals surface area contributed by atoms with Crippen LogP contribution in [-0.4, -0.2) is 25.2 Å². The maximum atomic E-state index is 12.4. The van der Waals surface area contributed by atoms with Gasteiger partial charge >= 0.3 is 0 Å². The standard InChI is InChI=1S/C14H18N2O2/c15-11-5-6-12-10(9-11)3-1-7-16(12)14(17)13-4-2-8-18-13/h5-6,9,13H,1-4,7-8,15H2/t13-/m1/s1. The fraction of sp³-hybridized carbons (Fsp3) is 0.500. The first-order valence-corrected chi connectivity index (χ1v) is 6.57. The van der Waals surface area contributed by atoms with Crippen LogP contribution in [0.4, 0.5) is 11.4 Å². The van der Waals surface area contributed by atoms with Crippen molar-refractivity contribution in [1.82, 2.24) is 0 Å². The molecule has 1 amide bonds. The maximum absolute atomic E-state index is 12.4. The van der Waals surface area contributed by atoms with Crippen LogP contribution < -0.4 is 10.6 Å². The molecule has 0 spiro atoms. The molecule has 3 rings (SSSR count).